The van der Waals surface area contributed by atoms with Gasteiger partial charge in [0.2, 0.25) is 0 Å². The minimum atomic E-state index is -5.16. The SMILES string of the molecule is C[C@H](c1ccccc1)N1CCN([C@H](C)c2ccccc2)[C]1=[Ru]([Cl])([Cl])(=[CH]c1ccccc1)=[C]1N([C@H](C)c2ccccc2)CCN1[C@H](C)c1ccccc1. The first-order valence-corrected chi connectivity index (χ1v) is 25.5. The third kappa shape index (κ3) is 7.18. The maximum atomic E-state index is 8.89. The number of hydrogen-bond acceptors (Lipinski definition) is 4. The number of benzene rings is 5. The van der Waals surface area contributed by atoms with Gasteiger partial charge >= 0.3 is 320 Å². The van der Waals surface area contributed by atoms with Crippen LogP contribution in [0.25, 0.3) is 0 Å². The number of rotatable bonds is 9. The van der Waals surface area contributed by atoms with E-state index in [0.29, 0.717) is 0 Å². The van der Waals surface area contributed by atoms with Gasteiger partial charge in [0.1, 0.15) is 0 Å². The molecule has 2 fully saturated rings. The summed E-state index contributed by atoms with van der Waals surface area (Å²) < 4.78 is 4.42. The summed E-state index contributed by atoms with van der Waals surface area (Å²) in [5, 5.41) is 0. The van der Waals surface area contributed by atoms with Crippen LogP contribution in [-0.4, -0.2) is 59.1 Å². The topological polar surface area (TPSA) is 13.0 Å². The van der Waals surface area contributed by atoms with Crippen molar-refractivity contribution in [1.29, 1.82) is 0 Å². The summed E-state index contributed by atoms with van der Waals surface area (Å²) >= 11 is 0. The van der Waals surface area contributed by atoms with Crippen LogP contribution < -0.4 is 0 Å². The second-order valence-electron chi connectivity index (χ2n) is 13.9. The van der Waals surface area contributed by atoms with Crippen LogP contribution in [0, 0.1) is 0 Å². The van der Waals surface area contributed by atoms with E-state index in [1.165, 1.54) is 22.3 Å². The van der Waals surface area contributed by atoms with Crippen molar-refractivity contribution < 1.29 is 10.3 Å². The molecule has 0 aromatic heterocycles. The van der Waals surface area contributed by atoms with E-state index in [-0.39, 0.29) is 24.2 Å². The molecule has 272 valence electrons. The van der Waals surface area contributed by atoms with Gasteiger partial charge in [0.05, 0.1) is 0 Å². The van der Waals surface area contributed by atoms with E-state index in [4.69, 9.17) is 19.4 Å². The monoisotopic (exact) mass is 818 g/mol. The zero-order chi connectivity index (χ0) is 36.3. The van der Waals surface area contributed by atoms with Crippen LogP contribution in [0.2, 0.25) is 0 Å². The van der Waals surface area contributed by atoms with Gasteiger partial charge in [0.25, 0.3) is 0 Å². The molecule has 0 unspecified atom stereocenters. The van der Waals surface area contributed by atoms with E-state index in [9.17, 15) is 0 Å². The Morgan fingerprint density at radius 3 is 0.885 bits per heavy atom. The molecule has 7 heteroatoms. The van der Waals surface area contributed by atoms with Crippen molar-refractivity contribution in [3.63, 3.8) is 0 Å². The van der Waals surface area contributed by atoms with Crippen molar-refractivity contribution in [2.45, 2.75) is 51.9 Å². The maximum absolute atomic E-state index is 8.89. The Hall–Kier alpha value is -3.25. The third-order valence-corrected chi connectivity index (χ3v) is 20.8. The van der Waals surface area contributed by atoms with Gasteiger partial charge in [0, 0.05) is 0 Å². The molecule has 0 spiro atoms. The number of nitrogens with zero attached hydrogens (tertiary/aromatic N) is 4. The quantitative estimate of drug-likeness (QED) is 0.137. The molecule has 7 rings (SSSR count). The minimum absolute atomic E-state index is 0.0482. The van der Waals surface area contributed by atoms with E-state index in [1.807, 2.05) is 0 Å². The molecule has 2 aliphatic rings. The van der Waals surface area contributed by atoms with Crippen LogP contribution in [0.3, 0.4) is 0 Å². The molecule has 2 saturated heterocycles. The fourth-order valence-corrected chi connectivity index (χ4v) is 20.4. The van der Waals surface area contributed by atoms with Gasteiger partial charge in [-0.05, 0) is 0 Å². The summed E-state index contributed by atoms with van der Waals surface area (Å²) in [5.41, 5.74) is 6.02. The molecule has 0 N–H and O–H groups in total. The Balaban J connectivity index is 1.64. The standard InChI is InChI=1S/2C19H22N2.C7H6.2ClH.Ru/c2*1-16(18-9-5-3-6-10-18)20-13-14-21(15-20)17(2)19-11-7-4-8-12-19;1-7-5-3-2-4-6-7;;;/h2*3-12,16-17H,13-14H2,1-2H3;1-6H;2*1H;/q;;;;;+2/p-2/t2*16-,17-;;;;/m11..../s1. The molecule has 5 aromatic carbocycles. The molecule has 2 aliphatic heterocycles. The van der Waals surface area contributed by atoms with E-state index < -0.39 is 10.3 Å². The van der Waals surface area contributed by atoms with Crippen molar-refractivity contribution in [2.24, 2.45) is 0 Å². The van der Waals surface area contributed by atoms with Crippen LogP contribution in [0.1, 0.15) is 79.7 Å². The predicted molar refractivity (Wildman–Crippen MR) is 220 cm³/mol. The van der Waals surface area contributed by atoms with E-state index >= 15 is 0 Å². The number of hydrogen-bond donors (Lipinski definition) is 0. The first-order chi connectivity index (χ1) is 25.2. The zero-order valence-electron chi connectivity index (χ0n) is 30.5. The second-order valence-corrected chi connectivity index (χ2v) is 27.1. The molecule has 5 aromatic rings. The Labute approximate surface area is 318 Å². The molecule has 0 saturated carbocycles. The van der Waals surface area contributed by atoms with Gasteiger partial charge in [0.15, 0.2) is 0 Å². The molecule has 4 nitrogen and oxygen atoms in total. The number of halogens is 2. The molecular weight excluding hydrogens is 768 g/mol. The summed E-state index contributed by atoms with van der Waals surface area (Å²) in [4.78, 5) is 10.2. The molecule has 2 heterocycles. The van der Waals surface area contributed by atoms with E-state index in [2.05, 4.69) is 204 Å². The summed E-state index contributed by atoms with van der Waals surface area (Å²) in [6.07, 6.45) is 0. The van der Waals surface area contributed by atoms with Crippen molar-refractivity contribution in [1.82, 2.24) is 19.6 Å². The fraction of sp³-hybridized carbons (Fsp3) is 0.267. The van der Waals surface area contributed by atoms with Crippen molar-refractivity contribution in [3.05, 3.63) is 179 Å². The Morgan fingerprint density at radius 1 is 0.404 bits per heavy atom. The average molecular weight is 819 g/mol. The Morgan fingerprint density at radius 2 is 0.635 bits per heavy atom. The van der Waals surface area contributed by atoms with Gasteiger partial charge in [-0.2, -0.15) is 0 Å². The molecule has 0 radical (unpaired) electrons. The van der Waals surface area contributed by atoms with Crippen LogP contribution in [0.5, 0.6) is 0 Å². The fourth-order valence-electron chi connectivity index (χ4n) is 7.79. The predicted octanol–water partition coefficient (Wildman–Crippen LogP) is 10.3. The first-order valence-electron chi connectivity index (χ1n) is 18.3. The van der Waals surface area contributed by atoms with Gasteiger partial charge < -0.3 is 0 Å². The molecule has 0 bridgehead atoms. The van der Waals surface area contributed by atoms with Crippen LogP contribution in [0.15, 0.2) is 152 Å². The van der Waals surface area contributed by atoms with Crippen LogP contribution >= 0.6 is 19.4 Å². The van der Waals surface area contributed by atoms with E-state index in [1.54, 1.807) is 0 Å². The third-order valence-electron chi connectivity index (χ3n) is 10.8. The molecule has 4 atom stereocenters. The van der Waals surface area contributed by atoms with Crippen LogP contribution in [-0.2, 0) is 10.3 Å². The molecule has 0 amide bonds. The summed E-state index contributed by atoms with van der Waals surface area (Å²) in [6, 6.07) is 54.0. The summed E-state index contributed by atoms with van der Waals surface area (Å²) in [7, 11) is 12.6. The van der Waals surface area contributed by atoms with Crippen LogP contribution in [0.4, 0.5) is 0 Å². The van der Waals surface area contributed by atoms with E-state index in [0.717, 1.165) is 40.5 Å². The molecule has 52 heavy (non-hydrogen) atoms. The van der Waals surface area contributed by atoms with Gasteiger partial charge in [-0.3, -0.25) is 0 Å². The molecular formula is C45H50Cl2N4Ru. The first kappa shape index (κ1) is 37.1. The van der Waals surface area contributed by atoms with Gasteiger partial charge in [-0.1, -0.05) is 0 Å². The Kier molecular flexibility index (Phi) is 11.1. The normalized spacial score (nSPS) is 19.5. The second kappa shape index (κ2) is 15.6. The molecule has 0 aliphatic carbocycles. The van der Waals surface area contributed by atoms with Crippen molar-refractivity contribution in [2.75, 3.05) is 26.2 Å². The van der Waals surface area contributed by atoms with Crippen molar-refractivity contribution >= 4 is 32.7 Å². The van der Waals surface area contributed by atoms with Gasteiger partial charge in [-0.25, -0.2) is 0 Å². The average Bonchev–Trinajstić information content (AvgIpc) is 3.86. The van der Waals surface area contributed by atoms with Gasteiger partial charge in [-0.15, -0.1) is 0 Å². The van der Waals surface area contributed by atoms with Crippen molar-refractivity contribution in [3.8, 4) is 0 Å². The summed E-state index contributed by atoms with van der Waals surface area (Å²) in [6.45, 7) is 12.5. The zero-order valence-corrected chi connectivity index (χ0v) is 33.8. The summed E-state index contributed by atoms with van der Waals surface area (Å²) in [5.74, 6) is 0. The Bertz CT molecular complexity index is 1970.